The van der Waals surface area contributed by atoms with E-state index in [1.54, 1.807) is 6.92 Å². The quantitative estimate of drug-likeness (QED) is 0.798. The van der Waals surface area contributed by atoms with Crippen LogP contribution in [-0.4, -0.2) is 41.3 Å². The van der Waals surface area contributed by atoms with Gasteiger partial charge in [0.05, 0.1) is 6.61 Å². The SMILES string of the molecule is CCOC(=O)CC[C@@H]1CCN(C(=O)O)C1C(C)(C)C. The number of nitrogens with zero attached hydrogens (tertiary/aromatic N) is 1. The molecule has 0 spiro atoms. The minimum atomic E-state index is -0.862. The molecular formula is C14H25NO4. The zero-order valence-electron chi connectivity index (χ0n) is 12.3. The van der Waals surface area contributed by atoms with Gasteiger partial charge in [0.25, 0.3) is 0 Å². The molecular weight excluding hydrogens is 246 g/mol. The molecule has 0 bridgehead atoms. The molecule has 1 heterocycles. The van der Waals surface area contributed by atoms with Crippen LogP contribution in [0.5, 0.6) is 0 Å². The summed E-state index contributed by atoms with van der Waals surface area (Å²) >= 11 is 0. The Morgan fingerprint density at radius 1 is 1.37 bits per heavy atom. The first-order valence-corrected chi connectivity index (χ1v) is 6.92. The van der Waals surface area contributed by atoms with Crippen LogP contribution in [0.4, 0.5) is 4.79 Å². The number of likely N-dealkylation sites (tertiary alicyclic amines) is 1. The van der Waals surface area contributed by atoms with E-state index >= 15 is 0 Å². The lowest BCUT2D eigenvalue weighted by atomic mass is 9.78. The van der Waals surface area contributed by atoms with Gasteiger partial charge in [-0.3, -0.25) is 4.79 Å². The molecule has 1 amide bonds. The van der Waals surface area contributed by atoms with Crippen molar-refractivity contribution in [1.29, 1.82) is 0 Å². The second-order valence-corrected chi connectivity index (χ2v) is 6.18. The van der Waals surface area contributed by atoms with Crippen molar-refractivity contribution >= 4 is 12.1 Å². The number of amides is 1. The molecule has 19 heavy (non-hydrogen) atoms. The number of esters is 1. The molecule has 1 fully saturated rings. The lowest BCUT2D eigenvalue weighted by Gasteiger charge is -2.37. The smallest absolute Gasteiger partial charge is 0.407 e. The molecule has 1 unspecified atom stereocenters. The lowest BCUT2D eigenvalue weighted by molar-refractivity contribution is -0.143. The fraction of sp³-hybridized carbons (Fsp3) is 0.857. The van der Waals surface area contributed by atoms with E-state index < -0.39 is 6.09 Å². The fourth-order valence-electron chi connectivity index (χ4n) is 3.08. The van der Waals surface area contributed by atoms with E-state index in [4.69, 9.17) is 4.74 Å². The predicted molar refractivity (Wildman–Crippen MR) is 71.9 cm³/mol. The van der Waals surface area contributed by atoms with Crippen molar-refractivity contribution in [2.24, 2.45) is 11.3 Å². The number of carboxylic acid groups (broad SMARTS) is 1. The van der Waals surface area contributed by atoms with Crippen LogP contribution in [0.3, 0.4) is 0 Å². The van der Waals surface area contributed by atoms with E-state index in [2.05, 4.69) is 20.8 Å². The number of ether oxygens (including phenoxy) is 1. The summed E-state index contributed by atoms with van der Waals surface area (Å²) in [7, 11) is 0. The fourth-order valence-corrected chi connectivity index (χ4v) is 3.08. The van der Waals surface area contributed by atoms with Gasteiger partial charge < -0.3 is 14.7 Å². The van der Waals surface area contributed by atoms with Crippen molar-refractivity contribution in [3.63, 3.8) is 0 Å². The van der Waals surface area contributed by atoms with Crippen LogP contribution in [0.2, 0.25) is 0 Å². The van der Waals surface area contributed by atoms with Crippen molar-refractivity contribution in [2.75, 3.05) is 13.2 Å². The molecule has 5 nitrogen and oxygen atoms in total. The van der Waals surface area contributed by atoms with Gasteiger partial charge in [0.15, 0.2) is 0 Å². The van der Waals surface area contributed by atoms with Gasteiger partial charge in [0.1, 0.15) is 0 Å². The van der Waals surface area contributed by atoms with Crippen LogP contribution in [0, 0.1) is 11.3 Å². The van der Waals surface area contributed by atoms with E-state index in [-0.39, 0.29) is 23.3 Å². The first kappa shape index (κ1) is 15.8. The summed E-state index contributed by atoms with van der Waals surface area (Å²) < 4.78 is 4.93. The Morgan fingerprint density at radius 2 is 2.00 bits per heavy atom. The summed E-state index contributed by atoms with van der Waals surface area (Å²) in [5, 5.41) is 9.26. The maximum atomic E-state index is 11.4. The van der Waals surface area contributed by atoms with Crippen LogP contribution in [0.25, 0.3) is 0 Å². The monoisotopic (exact) mass is 271 g/mol. The van der Waals surface area contributed by atoms with Crippen molar-refractivity contribution in [3.05, 3.63) is 0 Å². The summed E-state index contributed by atoms with van der Waals surface area (Å²) in [6.45, 7) is 8.90. The Hall–Kier alpha value is -1.26. The highest BCUT2D eigenvalue weighted by atomic mass is 16.5. The molecule has 0 aromatic heterocycles. The highest BCUT2D eigenvalue weighted by Crippen LogP contribution is 2.39. The largest absolute Gasteiger partial charge is 0.466 e. The van der Waals surface area contributed by atoms with Gasteiger partial charge in [-0.25, -0.2) is 4.79 Å². The minimum Gasteiger partial charge on any atom is -0.466 e. The molecule has 0 aliphatic carbocycles. The van der Waals surface area contributed by atoms with E-state index in [0.717, 1.165) is 6.42 Å². The maximum Gasteiger partial charge on any atom is 0.407 e. The normalized spacial score (nSPS) is 23.5. The van der Waals surface area contributed by atoms with Crippen molar-refractivity contribution in [2.45, 2.75) is 53.0 Å². The summed E-state index contributed by atoms with van der Waals surface area (Å²) in [6.07, 6.45) is 1.04. The lowest BCUT2D eigenvalue weighted by Crippen LogP contribution is -2.45. The van der Waals surface area contributed by atoms with Crippen molar-refractivity contribution in [1.82, 2.24) is 4.90 Å². The highest BCUT2D eigenvalue weighted by Gasteiger charge is 2.43. The molecule has 0 saturated carbocycles. The molecule has 1 saturated heterocycles. The van der Waals surface area contributed by atoms with Gasteiger partial charge in [0.2, 0.25) is 0 Å². The summed E-state index contributed by atoms with van der Waals surface area (Å²) in [4.78, 5) is 24.2. The maximum absolute atomic E-state index is 11.4. The van der Waals surface area contributed by atoms with Gasteiger partial charge in [-0.05, 0) is 31.1 Å². The molecule has 1 aliphatic heterocycles. The van der Waals surface area contributed by atoms with E-state index in [0.29, 0.717) is 26.0 Å². The third-order valence-corrected chi connectivity index (χ3v) is 3.68. The van der Waals surface area contributed by atoms with Gasteiger partial charge in [0, 0.05) is 19.0 Å². The molecule has 0 aromatic carbocycles. The zero-order chi connectivity index (χ0) is 14.6. The average Bonchev–Trinajstić information content (AvgIpc) is 2.70. The summed E-state index contributed by atoms with van der Waals surface area (Å²) in [5.41, 5.74) is -0.117. The van der Waals surface area contributed by atoms with E-state index in [1.807, 2.05) is 0 Å². The number of carbonyl (C=O) groups is 2. The third-order valence-electron chi connectivity index (χ3n) is 3.68. The first-order chi connectivity index (χ1) is 8.77. The zero-order valence-corrected chi connectivity index (χ0v) is 12.3. The van der Waals surface area contributed by atoms with Gasteiger partial charge >= 0.3 is 12.1 Å². The minimum absolute atomic E-state index is 0.0283. The highest BCUT2D eigenvalue weighted by molar-refractivity contribution is 5.69. The first-order valence-electron chi connectivity index (χ1n) is 6.92. The molecule has 0 aromatic rings. The van der Waals surface area contributed by atoms with E-state index in [1.165, 1.54) is 4.90 Å². The molecule has 5 heteroatoms. The Kier molecular flexibility index (Phi) is 5.20. The van der Waals surface area contributed by atoms with Gasteiger partial charge in [-0.1, -0.05) is 20.8 Å². The Balaban J connectivity index is 2.67. The molecule has 0 radical (unpaired) electrons. The molecule has 110 valence electrons. The molecule has 2 atom stereocenters. The molecule has 1 N–H and O–H groups in total. The van der Waals surface area contributed by atoms with Crippen molar-refractivity contribution in [3.8, 4) is 0 Å². The molecule has 1 aliphatic rings. The molecule has 1 rings (SSSR count). The standard InChI is InChI=1S/C14H25NO4/c1-5-19-11(16)7-6-10-8-9-15(13(17)18)12(10)14(2,3)4/h10,12H,5-9H2,1-4H3,(H,17,18)/t10-,12?/m1/s1. The Labute approximate surface area is 114 Å². The van der Waals surface area contributed by atoms with Crippen LogP contribution in [-0.2, 0) is 9.53 Å². The predicted octanol–water partition coefficient (Wildman–Crippen LogP) is 2.74. The Bertz CT molecular complexity index is 335. The third kappa shape index (κ3) is 4.11. The summed E-state index contributed by atoms with van der Waals surface area (Å²) in [6, 6.07) is -0.0283. The topological polar surface area (TPSA) is 66.8 Å². The number of carbonyl (C=O) groups excluding carboxylic acids is 1. The Morgan fingerprint density at radius 3 is 2.47 bits per heavy atom. The second-order valence-electron chi connectivity index (χ2n) is 6.18. The summed E-state index contributed by atoms with van der Waals surface area (Å²) in [5.74, 6) is 0.0458. The second kappa shape index (κ2) is 6.26. The van der Waals surface area contributed by atoms with Crippen LogP contribution in [0.15, 0.2) is 0 Å². The number of hydrogen-bond donors (Lipinski definition) is 1. The van der Waals surface area contributed by atoms with Crippen LogP contribution >= 0.6 is 0 Å². The van der Waals surface area contributed by atoms with Crippen molar-refractivity contribution < 1.29 is 19.4 Å². The van der Waals surface area contributed by atoms with Gasteiger partial charge in [-0.15, -0.1) is 0 Å². The number of hydrogen-bond acceptors (Lipinski definition) is 3. The van der Waals surface area contributed by atoms with E-state index in [9.17, 15) is 14.7 Å². The van der Waals surface area contributed by atoms with Gasteiger partial charge in [-0.2, -0.15) is 0 Å². The van der Waals surface area contributed by atoms with Crippen LogP contribution in [0.1, 0.15) is 47.0 Å². The van der Waals surface area contributed by atoms with Crippen LogP contribution < -0.4 is 0 Å². The average molecular weight is 271 g/mol. The number of rotatable bonds is 4.